The highest BCUT2D eigenvalue weighted by Crippen LogP contribution is 2.57. The number of nitrogens with zero attached hydrogens (tertiary/aromatic N) is 3. The van der Waals surface area contributed by atoms with E-state index in [4.69, 9.17) is 19.0 Å². The van der Waals surface area contributed by atoms with E-state index in [0.717, 1.165) is 29.0 Å². The largest absolute Gasteiger partial charge is 0.481 e. The molecule has 2 aromatic heterocycles. The van der Waals surface area contributed by atoms with Crippen molar-refractivity contribution in [2.75, 3.05) is 6.61 Å². The van der Waals surface area contributed by atoms with Gasteiger partial charge in [-0.05, 0) is 12.1 Å². The van der Waals surface area contributed by atoms with E-state index in [-0.39, 0.29) is 11.3 Å². The standard InChI is InChI=1S/C17H18FN3O13P2/c18-8-1-2-9-10(19-33-11(9)5-8)6-21-13(22)3-4-20(17(21)25)16-15(24)14(23)12(32-16)7-31-36(29,30)34-35(26,27)28/h1-5,12,14-16,23-24H,6-7H2,(H,29,30)(H2,26,27,28)/t12-,14?,15+,16-/m1/s1. The molecule has 0 aliphatic carbocycles. The highest BCUT2D eigenvalue weighted by molar-refractivity contribution is 7.60. The number of aliphatic hydroxyl groups is 2. The summed E-state index contributed by atoms with van der Waals surface area (Å²) in [5.41, 5.74) is -1.56. The normalized spacial score (nSPS) is 24.3. The van der Waals surface area contributed by atoms with Gasteiger partial charge >= 0.3 is 21.3 Å². The van der Waals surface area contributed by atoms with Crippen molar-refractivity contribution in [3.05, 3.63) is 62.8 Å². The SMILES string of the molecule is O=c1ccn([C@@H]2O[C@H](COP(=O)(O)OP(=O)(O)O)C(O)[C@@H]2O)c(=O)n1Cc1noc2cc(F)ccc12. The number of hydrogen-bond acceptors (Lipinski definition) is 11. The number of aromatic nitrogens is 3. The van der Waals surface area contributed by atoms with Gasteiger partial charge in [-0.15, -0.1) is 0 Å². The predicted molar refractivity (Wildman–Crippen MR) is 113 cm³/mol. The van der Waals surface area contributed by atoms with Crippen molar-refractivity contribution >= 4 is 26.6 Å². The summed E-state index contributed by atoms with van der Waals surface area (Å²) >= 11 is 0. The Labute approximate surface area is 198 Å². The molecule has 2 unspecified atom stereocenters. The molecule has 0 bridgehead atoms. The molecular formula is C17H18FN3O13P2. The monoisotopic (exact) mass is 553 g/mol. The van der Waals surface area contributed by atoms with Crippen LogP contribution in [0.1, 0.15) is 11.9 Å². The van der Waals surface area contributed by atoms with Crippen LogP contribution in [0.4, 0.5) is 4.39 Å². The van der Waals surface area contributed by atoms with Crippen LogP contribution in [0.25, 0.3) is 11.0 Å². The topological polar surface area (TPSA) is 233 Å². The van der Waals surface area contributed by atoms with Crippen LogP contribution in [0.5, 0.6) is 0 Å². The number of hydrogen-bond donors (Lipinski definition) is 5. The first-order valence-electron chi connectivity index (χ1n) is 9.87. The molecule has 5 N–H and O–H groups in total. The number of ether oxygens (including phenoxy) is 1. The molecule has 0 amide bonds. The molecular weight excluding hydrogens is 535 g/mol. The van der Waals surface area contributed by atoms with Gasteiger partial charge in [0, 0.05) is 23.7 Å². The van der Waals surface area contributed by atoms with Gasteiger partial charge in [0.2, 0.25) is 0 Å². The molecule has 36 heavy (non-hydrogen) atoms. The van der Waals surface area contributed by atoms with Crippen molar-refractivity contribution in [1.82, 2.24) is 14.3 Å². The van der Waals surface area contributed by atoms with Crippen LogP contribution in [0.2, 0.25) is 0 Å². The van der Waals surface area contributed by atoms with E-state index < -0.39 is 70.4 Å². The van der Waals surface area contributed by atoms with Gasteiger partial charge in [-0.2, -0.15) is 4.31 Å². The van der Waals surface area contributed by atoms with Crippen LogP contribution >= 0.6 is 15.6 Å². The zero-order valence-electron chi connectivity index (χ0n) is 17.7. The number of benzene rings is 1. The highest BCUT2D eigenvalue weighted by Gasteiger charge is 2.46. The molecule has 16 nitrogen and oxygen atoms in total. The number of fused-ring (bicyclic) bond motifs is 1. The van der Waals surface area contributed by atoms with Gasteiger partial charge in [-0.3, -0.25) is 18.5 Å². The van der Waals surface area contributed by atoms with E-state index in [1.807, 2.05) is 0 Å². The minimum absolute atomic E-state index is 0.0821. The number of phosphoric ester groups is 1. The maximum absolute atomic E-state index is 13.4. The van der Waals surface area contributed by atoms with Gasteiger partial charge in [-0.1, -0.05) is 5.16 Å². The summed E-state index contributed by atoms with van der Waals surface area (Å²) in [4.78, 5) is 52.1. The van der Waals surface area contributed by atoms with Crippen LogP contribution in [0, 0.1) is 5.82 Å². The maximum Gasteiger partial charge on any atom is 0.481 e. The molecule has 5 atom stereocenters. The minimum Gasteiger partial charge on any atom is -0.387 e. The molecule has 3 heterocycles. The first-order chi connectivity index (χ1) is 16.8. The number of aliphatic hydroxyl groups excluding tert-OH is 2. The third-order valence-corrected chi connectivity index (χ3v) is 7.29. The molecule has 19 heteroatoms. The Kier molecular flexibility index (Phi) is 7.15. The summed E-state index contributed by atoms with van der Waals surface area (Å²) < 4.78 is 55.6. The fourth-order valence-electron chi connectivity index (χ4n) is 3.52. The summed E-state index contributed by atoms with van der Waals surface area (Å²) in [6, 6.07) is 4.52. The molecule has 1 aliphatic heterocycles. The Hall–Kier alpha value is -2.56. The molecule has 1 aromatic carbocycles. The van der Waals surface area contributed by atoms with Gasteiger partial charge in [0.05, 0.1) is 13.2 Å². The summed E-state index contributed by atoms with van der Waals surface area (Å²) in [5.74, 6) is -0.584. The summed E-state index contributed by atoms with van der Waals surface area (Å²) in [6.45, 7) is -1.37. The van der Waals surface area contributed by atoms with Gasteiger partial charge in [-0.25, -0.2) is 18.3 Å². The smallest absolute Gasteiger partial charge is 0.387 e. The predicted octanol–water partition coefficient (Wildman–Crippen LogP) is -0.816. The third-order valence-electron chi connectivity index (χ3n) is 5.14. The second-order valence-corrected chi connectivity index (χ2v) is 10.4. The van der Waals surface area contributed by atoms with Crippen molar-refractivity contribution in [3.63, 3.8) is 0 Å². The zero-order chi connectivity index (χ0) is 26.4. The molecule has 0 spiro atoms. The summed E-state index contributed by atoms with van der Waals surface area (Å²) in [6.07, 6.45) is -5.75. The van der Waals surface area contributed by atoms with Crippen molar-refractivity contribution in [3.8, 4) is 0 Å². The molecule has 0 saturated carbocycles. The lowest BCUT2D eigenvalue weighted by Gasteiger charge is -2.19. The fraction of sp³-hybridized carbons (Fsp3) is 0.353. The minimum atomic E-state index is -5.39. The maximum atomic E-state index is 13.4. The second-order valence-electron chi connectivity index (χ2n) is 7.58. The number of halogens is 1. The molecule has 1 fully saturated rings. The Morgan fingerprint density at radius 1 is 1.11 bits per heavy atom. The molecule has 1 aliphatic rings. The van der Waals surface area contributed by atoms with Crippen LogP contribution in [0.15, 0.2) is 44.6 Å². The molecule has 3 aromatic rings. The van der Waals surface area contributed by atoms with E-state index in [0.29, 0.717) is 9.95 Å². The fourth-order valence-corrected chi connectivity index (χ4v) is 5.12. The van der Waals surface area contributed by atoms with Crippen LogP contribution in [0.3, 0.4) is 0 Å². The zero-order valence-corrected chi connectivity index (χ0v) is 19.5. The van der Waals surface area contributed by atoms with E-state index >= 15 is 0 Å². The first kappa shape index (κ1) is 26.5. The lowest BCUT2D eigenvalue weighted by atomic mass is 10.1. The molecule has 196 valence electrons. The highest BCUT2D eigenvalue weighted by atomic mass is 31.3. The summed E-state index contributed by atoms with van der Waals surface area (Å²) in [5, 5.41) is 24.7. The quantitative estimate of drug-likeness (QED) is 0.215. The van der Waals surface area contributed by atoms with E-state index in [9.17, 15) is 38.2 Å². The average Bonchev–Trinajstić information content (AvgIpc) is 3.28. The lowest BCUT2D eigenvalue weighted by Crippen LogP contribution is -2.43. The van der Waals surface area contributed by atoms with Gasteiger partial charge in [0.15, 0.2) is 11.8 Å². The van der Waals surface area contributed by atoms with Crippen molar-refractivity contribution in [1.29, 1.82) is 0 Å². The third kappa shape index (κ3) is 5.55. The van der Waals surface area contributed by atoms with Crippen LogP contribution in [-0.4, -0.2) is 64.1 Å². The Morgan fingerprint density at radius 3 is 2.53 bits per heavy atom. The van der Waals surface area contributed by atoms with Gasteiger partial charge in [0.25, 0.3) is 5.56 Å². The lowest BCUT2D eigenvalue weighted by molar-refractivity contribution is -0.0547. The summed E-state index contributed by atoms with van der Waals surface area (Å²) in [7, 11) is -10.7. The van der Waals surface area contributed by atoms with Crippen molar-refractivity contribution in [2.24, 2.45) is 0 Å². The molecule has 1 saturated heterocycles. The average molecular weight is 553 g/mol. The molecule has 0 radical (unpaired) electrons. The van der Waals surface area contributed by atoms with Crippen molar-refractivity contribution in [2.45, 2.75) is 31.1 Å². The molecule has 4 rings (SSSR count). The Morgan fingerprint density at radius 2 is 1.83 bits per heavy atom. The van der Waals surface area contributed by atoms with Crippen molar-refractivity contribution < 1.29 is 56.5 Å². The number of rotatable bonds is 8. The van der Waals surface area contributed by atoms with E-state index in [1.54, 1.807) is 0 Å². The Balaban J connectivity index is 1.57. The van der Waals surface area contributed by atoms with E-state index in [2.05, 4.69) is 14.0 Å². The van der Waals surface area contributed by atoms with Gasteiger partial charge < -0.3 is 34.2 Å². The number of phosphoric acid groups is 2. The first-order valence-corrected chi connectivity index (χ1v) is 12.9. The van der Waals surface area contributed by atoms with E-state index in [1.165, 1.54) is 6.07 Å². The Bertz CT molecular complexity index is 1500. The second kappa shape index (κ2) is 9.72. The van der Waals surface area contributed by atoms with Crippen LogP contribution in [-0.2, 0) is 29.2 Å². The van der Waals surface area contributed by atoms with Gasteiger partial charge in [0.1, 0.15) is 29.8 Å². The van der Waals surface area contributed by atoms with Crippen LogP contribution < -0.4 is 11.2 Å².